The molecule has 60 valence electrons. The summed E-state index contributed by atoms with van der Waals surface area (Å²) < 4.78 is 0. The Bertz CT molecular complexity index is 106. The molecule has 0 aromatic heterocycles. The second kappa shape index (κ2) is 2.89. The van der Waals surface area contributed by atoms with Crippen LogP contribution in [0.15, 0.2) is 0 Å². The fourth-order valence-corrected chi connectivity index (χ4v) is 1.44. The van der Waals surface area contributed by atoms with Gasteiger partial charge in [-0.05, 0) is 31.8 Å². The molecule has 0 aromatic carbocycles. The molecule has 1 rings (SSSR count). The van der Waals surface area contributed by atoms with Crippen LogP contribution in [0.2, 0.25) is 0 Å². The molecule has 1 fully saturated rings. The van der Waals surface area contributed by atoms with Crippen molar-refractivity contribution in [3.05, 3.63) is 0 Å². The first-order chi connectivity index (χ1) is 4.65. The Balaban J connectivity index is 2.48. The molecule has 10 heavy (non-hydrogen) atoms. The lowest BCUT2D eigenvalue weighted by Crippen LogP contribution is -2.45. The van der Waals surface area contributed by atoms with Crippen molar-refractivity contribution in [2.45, 2.75) is 32.3 Å². The first-order valence-corrected chi connectivity index (χ1v) is 4.08. The molecule has 0 atom stereocenters. The molecule has 2 N–H and O–H groups in total. The van der Waals surface area contributed by atoms with Gasteiger partial charge in [0.2, 0.25) is 0 Å². The summed E-state index contributed by atoms with van der Waals surface area (Å²) in [5.74, 6) is 0.398. The van der Waals surface area contributed by atoms with Crippen molar-refractivity contribution in [2.24, 2.45) is 5.92 Å². The Morgan fingerprint density at radius 1 is 1.30 bits per heavy atom. The Labute approximate surface area is 62.6 Å². The molecule has 0 saturated carbocycles. The summed E-state index contributed by atoms with van der Waals surface area (Å²) in [6, 6.07) is 0. The summed E-state index contributed by atoms with van der Waals surface area (Å²) in [5.41, 5.74) is -0.384. The standard InChI is InChI=1S/C8H17NO/c1-7(2)8(10)3-5-9-6-4-8/h7,9-10H,3-6H2,1-2H3. The van der Waals surface area contributed by atoms with Gasteiger partial charge in [0.05, 0.1) is 5.60 Å². The molecule has 0 unspecified atom stereocenters. The van der Waals surface area contributed by atoms with Gasteiger partial charge in [-0.3, -0.25) is 0 Å². The first-order valence-electron chi connectivity index (χ1n) is 4.08. The average Bonchev–Trinajstić information content (AvgIpc) is 1.89. The van der Waals surface area contributed by atoms with Crippen molar-refractivity contribution in [1.82, 2.24) is 5.32 Å². The molecule has 0 aliphatic carbocycles. The van der Waals surface area contributed by atoms with Gasteiger partial charge in [-0.25, -0.2) is 0 Å². The van der Waals surface area contributed by atoms with E-state index < -0.39 is 0 Å². The van der Waals surface area contributed by atoms with Crippen molar-refractivity contribution >= 4 is 0 Å². The van der Waals surface area contributed by atoms with Gasteiger partial charge in [-0.15, -0.1) is 0 Å². The Morgan fingerprint density at radius 2 is 1.80 bits per heavy atom. The molecular formula is C8H17NO. The molecule has 1 heterocycles. The monoisotopic (exact) mass is 143 g/mol. The van der Waals surface area contributed by atoms with Gasteiger partial charge in [-0.2, -0.15) is 0 Å². The predicted octanol–water partition coefficient (Wildman–Crippen LogP) is 0.757. The summed E-state index contributed by atoms with van der Waals surface area (Å²) in [5, 5.41) is 13.1. The molecule has 0 bridgehead atoms. The second-order valence-electron chi connectivity index (χ2n) is 3.51. The van der Waals surface area contributed by atoms with E-state index in [4.69, 9.17) is 0 Å². The highest BCUT2D eigenvalue weighted by molar-refractivity contribution is 4.86. The summed E-state index contributed by atoms with van der Waals surface area (Å²) in [7, 11) is 0. The number of hydrogen-bond donors (Lipinski definition) is 2. The van der Waals surface area contributed by atoms with E-state index in [1.165, 1.54) is 0 Å². The van der Waals surface area contributed by atoms with Crippen LogP contribution in [0.4, 0.5) is 0 Å². The molecule has 1 aliphatic rings. The minimum absolute atomic E-state index is 0.384. The Morgan fingerprint density at radius 3 is 2.10 bits per heavy atom. The highest BCUT2D eigenvalue weighted by atomic mass is 16.3. The molecular weight excluding hydrogens is 126 g/mol. The van der Waals surface area contributed by atoms with E-state index in [1.807, 2.05) is 0 Å². The van der Waals surface area contributed by atoms with E-state index in [0.29, 0.717) is 5.92 Å². The molecule has 0 aromatic rings. The van der Waals surface area contributed by atoms with Crippen LogP contribution in [0.25, 0.3) is 0 Å². The molecule has 0 spiro atoms. The second-order valence-corrected chi connectivity index (χ2v) is 3.51. The average molecular weight is 143 g/mol. The zero-order valence-electron chi connectivity index (χ0n) is 6.85. The van der Waals surface area contributed by atoms with Crippen LogP contribution in [0.1, 0.15) is 26.7 Å². The molecule has 1 aliphatic heterocycles. The van der Waals surface area contributed by atoms with Crippen LogP contribution >= 0.6 is 0 Å². The van der Waals surface area contributed by atoms with Crippen molar-refractivity contribution in [3.63, 3.8) is 0 Å². The van der Waals surface area contributed by atoms with Crippen molar-refractivity contribution < 1.29 is 5.11 Å². The third kappa shape index (κ3) is 1.50. The third-order valence-corrected chi connectivity index (χ3v) is 2.54. The van der Waals surface area contributed by atoms with Gasteiger partial charge >= 0.3 is 0 Å². The summed E-state index contributed by atoms with van der Waals surface area (Å²) in [4.78, 5) is 0. The number of rotatable bonds is 1. The van der Waals surface area contributed by atoms with Gasteiger partial charge in [0, 0.05) is 0 Å². The molecule has 2 nitrogen and oxygen atoms in total. The lowest BCUT2D eigenvalue weighted by atomic mass is 9.82. The van der Waals surface area contributed by atoms with Crippen LogP contribution in [-0.4, -0.2) is 23.8 Å². The maximum atomic E-state index is 9.91. The van der Waals surface area contributed by atoms with E-state index in [2.05, 4.69) is 19.2 Å². The summed E-state index contributed by atoms with van der Waals surface area (Å²) in [6.45, 7) is 6.11. The maximum absolute atomic E-state index is 9.91. The van der Waals surface area contributed by atoms with Gasteiger partial charge < -0.3 is 10.4 Å². The van der Waals surface area contributed by atoms with Gasteiger partial charge in [-0.1, -0.05) is 13.8 Å². The maximum Gasteiger partial charge on any atom is 0.0694 e. The van der Waals surface area contributed by atoms with Crippen LogP contribution in [0, 0.1) is 5.92 Å². The first kappa shape index (κ1) is 8.02. The fraction of sp³-hybridized carbons (Fsp3) is 1.00. The smallest absolute Gasteiger partial charge is 0.0694 e. The summed E-state index contributed by atoms with van der Waals surface area (Å²) in [6.07, 6.45) is 1.81. The number of nitrogens with one attached hydrogen (secondary N) is 1. The lowest BCUT2D eigenvalue weighted by molar-refractivity contribution is -0.0310. The number of aliphatic hydroxyl groups is 1. The van der Waals surface area contributed by atoms with Crippen LogP contribution in [0.5, 0.6) is 0 Å². The van der Waals surface area contributed by atoms with Gasteiger partial charge in [0.1, 0.15) is 0 Å². The van der Waals surface area contributed by atoms with Crippen LogP contribution < -0.4 is 5.32 Å². The summed E-state index contributed by atoms with van der Waals surface area (Å²) >= 11 is 0. The van der Waals surface area contributed by atoms with Gasteiger partial charge in [0.25, 0.3) is 0 Å². The zero-order chi connectivity index (χ0) is 7.61. The van der Waals surface area contributed by atoms with E-state index in [-0.39, 0.29) is 5.60 Å². The molecule has 0 radical (unpaired) electrons. The fourth-order valence-electron chi connectivity index (χ4n) is 1.44. The highest BCUT2D eigenvalue weighted by Gasteiger charge is 2.31. The van der Waals surface area contributed by atoms with Crippen LogP contribution in [-0.2, 0) is 0 Å². The number of piperidine rings is 1. The lowest BCUT2D eigenvalue weighted by Gasteiger charge is -2.36. The van der Waals surface area contributed by atoms with Crippen molar-refractivity contribution in [1.29, 1.82) is 0 Å². The Hall–Kier alpha value is -0.0800. The third-order valence-electron chi connectivity index (χ3n) is 2.54. The molecule has 0 amide bonds. The minimum Gasteiger partial charge on any atom is -0.390 e. The van der Waals surface area contributed by atoms with E-state index in [9.17, 15) is 5.11 Å². The van der Waals surface area contributed by atoms with Crippen LogP contribution in [0.3, 0.4) is 0 Å². The SMILES string of the molecule is CC(C)C1(O)CCNCC1. The zero-order valence-corrected chi connectivity index (χ0v) is 6.85. The molecule has 1 saturated heterocycles. The Kier molecular flexibility index (Phi) is 2.32. The topological polar surface area (TPSA) is 32.3 Å². The van der Waals surface area contributed by atoms with Gasteiger partial charge in [0.15, 0.2) is 0 Å². The predicted molar refractivity (Wildman–Crippen MR) is 41.9 cm³/mol. The van der Waals surface area contributed by atoms with Crippen molar-refractivity contribution in [3.8, 4) is 0 Å². The normalized spacial score (nSPS) is 25.2. The van der Waals surface area contributed by atoms with E-state index in [0.717, 1.165) is 25.9 Å². The largest absolute Gasteiger partial charge is 0.390 e. The van der Waals surface area contributed by atoms with E-state index in [1.54, 1.807) is 0 Å². The minimum atomic E-state index is -0.384. The quantitative estimate of drug-likeness (QED) is 0.568. The highest BCUT2D eigenvalue weighted by Crippen LogP contribution is 2.26. The van der Waals surface area contributed by atoms with E-state index >= 15 is 0 Å². The number of hydrogen-bond acceptors (Lipinski definition) is 2. The molecule has 2 heteroatoms. The van der Waals surface area contributed by atoms with Crippen molar-refractivity contribution in [2.75, 3.05) is 13.1 Å².